The van der Waals surface area contributed by atoms with E-state index in [1.165, 1.54) is 12.0 Å². The van der Waals surface area contributed by atoms with Crippen molar-refractivity contribution in [3.63, 3.8) is 0 Å². The number of hydrogen-bond acceptors (Lipinski definition) is 2. The molecule has 1 heterocycles. The molecule has 0 aliphatic carbocycles. The molecule has 3 rings (SSSR count). The van der Waals surface area contributed by atoms with Crippen molar-refractivity contribution in [3.8, 4) is 0 Å². The van der Waals surface area contributed by atoms with Crippen LogP contribution in [0, 0.1) is 0 Å². The van der Waals surface area contributed by atoms with Crippen molar-refractivity contribution in [2.45, 2.75) is 18.9 Å². The lowest BCUT2D eigenvalue weighted by Crippen LogP contribution is -2.28. The smallest absolute Gasteiger partial charge is 0.319 e. The van der Waals surface area contributed by atoms with Crippen LogP contribution in [0.3, 0.4) is 0 Å². The maximum atomic E-state index is 11.9. The number of anilines is 1. The summed E-state index contributed by atoms with van der Waals surface area (Å²) >= 11 is 5.84. The number of carbonyl (C=O) groups excluding carboxylic acids is 1. The average Bonchev–Trinajstić information content (AvgIpc) is 3.09. The van der Waals surface area contributed by atoms with Gasteiger partial charge in [-0.25, -0.2) is 4.79 Å². The molecule has 0 spiro atoms. The van der Waals surface area contributed by atoms with Crippen LogP contribution in [0.5, 0.6) is 0 Å². The first-order valence-electron chi connectivity index (χ1n) is 7.81. The molecule has 2 aromatic carbocycles. The zero-order chi connectivity index (χ0) is 16.1. The first-order chi connectivity index (χ1) is 11.2. The number of urea groups is 1. The molecule has 1 saturated heterocycles. The maximum absolute atomic E-state index is 11.9. The van der Waals surface area contributed by atoms with Crippen LogP contribution in [0.4, 0.5) is 10.5 Å². The molecule has 2 amide bonds. The molecular weight excluding hydrogens is 310 g/mol. The van der Waals surface area contributed by atoms with Crippen LogP contribution in [0.1, 0.15) is 23.5 Å². The molecule has 23 heavy (non-hydrogen) atoms. The van der Waals surface area contributed by atoms with Gasteiger partial charge < -0.3 is 16.0 Å². The minimum Gasteiger partial charge on any atom is -0.334 e. The number of amides is 2. The number of benzene rings is 2. The van der Waals surface area contributed by atoms with E-state index in [-0.39, 0.29) is 6.03 Å². The van der Waals surface area contributed by atoms with Crippen molar-refractivity contribution < 1.29 is 4.79 Å². The molecule has 0 saturated carbocycles. The van der Waals surface area contributed by atoms with Crippen molar-refractivity contribution in [3.05, 3.63) is 64.7 Å². The zero-order valence-corrected chi connectivity index (χ0v) is 13.6. The Morgan fingerprint density at radius 2 is 1.87 bits per heavy atom. The highest BCUT2D eigenvalue weighted by Gasteiger charge is 2.16. The average molecular weight is 330 g/mol. The second kappa shape index (κ2) is 7.49. The molecule has 0 radical (unpaired) electrons. The number of rotatable bonds is 4. The molecule has 1 unspecified atom stereocenters. The van der Waals surface area contributed by atoms with E-state index < -0.39 is 0 Å². The molecule has 1 aliphatic rings. The van der Waals surface area contributed by atoms with Crippen molar-refractivity contribution in [1.29, 1.82) is 0 Å². The van der Waals surface area contributed by atoms with Crippen LogP contribution >= 0.6 is 11.6 Å². The van der Waals surface area contributed by atoms with E-state index in [2.05, 4.69) is 28.1 Å². The summed E-state index contributed by atoms with van der Waals surface area (Å²) in [7, 11) is 0. The lowest BCUT2D eigenvalue weighted by Gasteiger charge is -2.11. The van der Waals surface area contributed by atoms with Crippen molar-refractivity contribution in [1.82, 2.24) is 10.6 Å². The summed E-state index contributed by atoms with van der Waals surface area (Å²) < 4.78 is 0. The van der Waals surface area contributed by atoms with E-state index in [4.69, 9.17) is 11.6 Å². The molecule has 0 bridgehead atoms. The van der Waals surface area contributed by atoms with Gasteiger partial charge in [-0.1, -0.05) is 35.9 Å². The van der Waals surface area contributed by atoms with E-state index in [1.54, 1.807) is 0 Å². The Labute approximate surface area is 141 Å². The van der Waals surface area contributed by atoms with E-state index >= 15 is 0 Å². The molecular formula is C18H20ClN3O. The second-order valence-electron chi connectivity index (χ2n) is 5.75. The first-order valence-corrected chi connectivity index (χ1v) is 8.18. The number of halogens is 1. The van der Waals surface area contributed by atoms with Crippen molar-refractivity contribution in [2.24, 2.45) is 0 Å². The summed E-state index contributed by atoms with van der Waals surface area (Å²) in [5.41, 5.74) is 3.13. The summed E-state index contributed by atoms with van der Waals surface area (Å²) in [4.78, 5) is 11.9. The molecule has 0 aromatic heterocycles. The summed E-state index contributed by atoms with van der Waals surface area (Å²) in [5.74, 6) is 0.586. The minimum absolute atomic E-state index is 0.213. The van der Waals surface area contributed by atoms with Gasteiger partial charge in [0.25, 0.3) is 0 Å². The zero-order valence-electron chi connectivity index (χ0n) is 12.8. The van der Waals surface area contributed by atoms with Crippen LogP contribution in [0.25, 0.3) is 0 Å². The summed E-state index contributed by atoms with van der Waals surface area (Å²) in [6.45, 7) is 2.58. The normalized spacial score (nSPS) is 17.0. The van der Waals surface area contributed by atoms with Gasteiger partial charge in [-0.15, -0.1) is 0 Å². The van der Waals surface area contributed by atoms with E-state index in [0.29, 0.717) is 17.5 Å². The molecule has 1 atom stereocenters. The number of nitrogens with one attached hydrogen (secondary N) is 3. The highest BCUT2D eigenvalue weighted by molar-refractivity contribution is 6.30. The minimum atomic E-state index is -0.213. The Bertz CT molecular complexity index is 649. The van der Waals surface area contributed by atoms with Gasteiger partial charge in [-0.05, 0) is 54.3 Å². The fourth-order valence-corrected chi connectivity index (χ4v) is 2.86. The predicted molar refractivity (Wildman–Crippen MR) is 94.0 cm³/mol. The molecule has 2 aromatic rings. The topological polar surface area (TPSA) is 53.2 Å². The van der Waals surface area contributed by atoms with E-state index in [0.717, 1.165) is 24.3 Å². The number of hydrogen-bond donors (Lipinski definition) is 3. The monoisotopic (exact) mass is 329 g/mol. The van der Waals surface area contributed by atoms with Crippen molar-refractivity contribution in [2.75, 3.05) is 18.4 Å². The fraction of sp³-hybridized carbons (Fsp3) is 0.278. The summed E-state index contributed by atoms with van der Waals surface area (Å²) in [6, 6.07) is 15.3. The largest absolute Gasteiger partial charge is 0.334 e. The lowest BCUT2D eigenvalue weighted by molar-refractivity contribution is 0.251. The first kappa shape index (κ1) is 15.8. The van der Waals surface area contributed by atoms with Crippen LogP contribution in [-0.4, -0.2) is 19.1 Å². The summed E-state index contributed by atoms with van der Waals surface area (Å²) in [6.07, 6.45) is 1.17. The molecule has 5 heteroatoms. The van der Waals surface area contributed by atoms with Gasteiger partial charge in [0.15, 0.2) is 0 Å². The van der Waals surface area contributed by atoms with Gasteiger partial charge in [-0.3, -0.25) is 0 Å². The third kappa shape index (κ3) is 4.47. The fourth-order valence-electron chi connectivity index (χ4n) is 2.74. The Morgan fingerprint density at radius 1 is 1.13 bits per heavy atom. The maximum Gasteiger partial charge on any atom is 0.319 e. The van der Waals surface area contributed by atoms with E-state index in [9.17, 15) is 4.79 Å². The molecule has 3 N–H and O–H groups in total. The highest BCUT2D eigenvalue weighted by atomic mass is 35.5. The molecule has 4 nitrogen and oxygen atoms in total. The molecule has 1 aliphatic heterocycles. The Hall–Kier alpha value is -2.04. The van der Waals surface area contributed by atoms with Crippen LogP contribution < -0.4 is 16.0 Å². The van der Waals surface area contributed by atoms with Gasteiger partial charge in [0.2, 0.25) is 0 Å². The van der Waals surface area contributed by atoms with Crippen LogP contribution in [-0.2, 0) is 6.54 Å². The third-order valence-corrected chi connectivity index (χ3v) is 4.32. The quantitative estimate of drug-likeness (QED) is 0.800. The second-order valence-corrected chi connectivity index (χ2v) is 6.18. The van der Waals surface area contributed by atoms with Crippen LogP contribution in [0.2, 0.25) is 5.02 Å². The highest BCUT2D eigenvalue weighted by Crippen LogP contribution is 2.23. The Kier molecular flexibility index (Phi) is 5.16. The standard InChI is InChI=1S/C18H20ClN3O/c19-16-5-1-13(2-6-16)11-21-18(23)22-17-7-3-14(4-8-17)15-9-10-20-12-15/h1-8,15,20H,9-12H2,(H2,21,22,23). The SMILES string of the molecule is O=C(NCc1ccc(Cl)cc1)Nc1ccc(C2CCNC2)cc1. The lowest BCUT2D eigenvalue weighted by atomic mass is 9.98. The van der Waals surface area contributed by atoms with Gasteiger partial charge in [-0.2, -0.15) is 0 Å². The predicted octanol–water partition coefficient (Wildman–Crippen LogP) is 3.74. The Balaban J connectivity index is 1.50. The van der Waals surface area contributed by atoms with E-state index in [1.807, 2.05) is 36.4 Å². The Morgan fingerprint density at radius 3 is 2.52 bits per heavy atom. The molecule has 1 fully saturated rings. The van der Waals surface area contributed by atoms with Crippen LogP contribution in [0.15, 0.2) is 48.5 Å². The number of carbonyl (C=O) groups is 1. The van der Waals surface area contributed by atoms with Crippen molar-refractivity contribution >= 4 is 23.3 Å². The van der Waals surface area contributed by atoms with Gasteiger partial charge in [0.05, 0.1) is 0 Å². The van der Waals surface area contributed by atoms with Gasteiger partial charge in [0.1, 0.15) is 0 Å². The van der Waals surface area contributed by atoms with Gasteiger partial charge in [0, 0.05) is 23.8 Å². The molecule has 120 valence electrons. The third-order valence-electron chi connectivity index (χ3n) is 4.07. The van der Waals surface area contributed by atoms with Gasteiger partial charge >= 0.3 is 6.03 Å². The summed E-state index contributed by atoms with van der Waals surface area (Å²) in [5, 5.41) is 9.74.